The zero-order chi connectivity index (χ0) is 19.8. The Morgan fingerprint density at radius 2 is 1.93 bits per heavy atom. The second-order valence-electron chi connectivity index (χ2n) is 7.51. The maximum absolute atomic E-state index is 10.4. The molecule has 1 atom stereocenters. The number of aryl methyl sites for hydroxylation is 1. The fraction of sp³-hybridized carbons (Fsp3) is 0.571. The molecule has 0 amide bonds. The number of benzene rings is 1. The zero-order valence-electron chi connectivity index (χ0n) is 17.3. The van der Waals surface area contributed by atoms with Crippen LogP contribution < -0.4 is 10.6 Å². The van der Waals surface area contributed by atoms with Crippen molar-refractivity contribution in [2.75, 3.05) is 6.54 Å². The van der Waals surface area contributed by atoms with Gasteiger partial charge in [-0.2, -0.15) is 0 Å². The lowest BCUT2D eigenvalue weighted by molar-refractivity contribution is 0.168. The van der Waals surface area contributed by atoms with Crippen LogP contribution in [0.15, 0.2) is 35.3 Å². The van der Waals surface area contributed by atoms with E-state index >= 15 is 0 Å². The average molecular weight is 512 g/mol. The molecule has 0 saturated heterocycles. The molecule has 0 radical (unpaired) electrons. The number of guanidine groups is 1. The van der Waals surface area contributed by atoms with Crippen LogP contribution in [-0.2, 0) is 13.6 Å². The van der Waals surface area contributed by atoms with Gasteiger partial charge in [-0.15, -0.1) is 34.2 Å². The van der Waals surface area contributed by atoms with E-state index in [0.717, 1.165) is 23.2 Å². The van der Waals surface area contributed by atoms with Crippen molar-refractivity contribution < 1.29 is 5.11 Å². The summed E-state index contributed by atoms with van der Waals surface area (Å²) in [5.41, 5.74) is 0.942. The fourth-order valence-electron chi connectivity index (χ4n) is 3.50. The highest BCUT2D eigenvalue weighted by Crippen LogP contribution is 2.17. The molecular weight excluding hydrogens is 479 g/mol. The minimum atomic E-state index is -0.481. The summed E-state index contributed by atoms with van der Waals surface area (Å²) < 4.78 is 1.96. The van der Waals surface area contributed by atoms with Gasteiger partial charge in [0.15, 0.2) is 11.8 Å². The first-order valence-electron chi connectivity index (χ1n) is 10.3. The number of aliphatic hydroxyl groups excluding tert-OH is 1. The zero-order valence-corrected chi connectivity index (χ0v) is 19.7. The lowest BCUT2D eigenvalue weighted by Gasteiger charge is -2.25. The Bertz CT molecular complexity index is 758. The topological polar surface area (TPSA) is 87.4 Å². The Morgan fingerprint density at radius 1 is 1.21 bits per heavy atom. The van der Waals surface area contributed by atoms with E-state index in [2.05, 4.69) is 20.8 Å². The number of halogens is 1. The molecule has 0 bridgehead atoms. The summed E-state index contributed by atoms with van der Waals surface area (Å²) in [5.74, 6) is 2.50. The number of rotatable bonds is 7. The second-order valence-corrected chi connectivity index (χ2v) is 7.51. The van der Waals surface area contributed by atoms with Crippen molar-refractivity contribution in [2.24, 2.45) is 12.0 Å². The van der Waals surface area contributed by atoms with Crippen LogP contribution in [0.2, 0.25) is 0 Å². The highest BCUT2D eigenvalue weighted by molar-refractivity contribution is 14.0. The number of aromatic nitrogens is 3. The molecule has 3 rings (SSSR count). The van der Waals surface area contributed by atoms with Crippen molar-refractivity contribution in [2.45, 2.75) is 64.1 Å². The normalized spacial score (nSPS) is 16.2. The lowest BCUT2D eigenvalue weighted by Crippen LogP contribution is -2.44. The van der Waals surface area contributed by atoms with Crippen molar-refractivity contribution in [3.63, 3.8) is 0 Å². The Balaban J connectivity index is 0.00000300. The van der Waals surface area contributed by atoms with Gasteiger partial charge in [0.1, 0.15) is 12.4 Å². The molecule has 1 aromatic carbocycles. The molecule has 8 heteroatoms. The molecule has 1 aliphatic rings. The highest BCUT2D eigenvalue weighted by atomic mass is 127. The van der Waals surface area contributed by atoms with Crippen LogP contribution in [0.4, 0.5) is 0 Å². The summed E-state index contributed by atoms with van der Waals surface area (Å²) in [7, 11) is 1.96. The minimum absolute atomic E-state index is 0. The predicted molar refractivity (Wildman–Crippen MR) is 126 cm³/mol. The van der Waals surface area contributed by atoms with Gasteiger partial charge >= 0.3 is 0 Å². The third-order valence-electron chi connectivity index (χ3n) is 5.40. The standard InChI is InChI=1S/C21H32N6O.HI/c1-16-25-26-20(27(16)2)15-23-21(24-18-11-7-4-8-12-18)22-14-13-19(28)17-9-5-3-6-10-17;/h3,5-6,9-10,18-19,28H,4,7-8,11-15H2,1-2H3,(H2,22,23,24);1H. The van der Waals surface area contributed by atoms with Crippen LogP contribution in [-0.4, -0.2) is 38.4 Å². The third kappa shape index (κ3) is 7.26. The summed E-state index contributed by atoms with van der Waals surface area (Å²) in [4.78, 5) is 4.72. The van der Waals surface area contributed by atoms with E-state index in [4.69, 9.17) is 4.99 Å². The van der Waals surface area contributed by atoms with E-state index in [9.17, 15) is 5.11 Å². The molecule has 7 nitrogen and oxygen atoms in total. The summed E-state index contributed by atoms with van der Waals surface area (Å²) in [5, 5.41) is 25.6. The van der Waals surface area contributed by atoms with Crippen LogP contribution in [0.1, 0.15) is 61.8 Å². The summed E-state index contributed by atoms with van der Waals surface area (Å²) in [6.07, 6.45) is 6.34. The van der Waals surface area contributed by atoms with Gasteiger partial charge in [-0.3, -0.25) is 0 Å². The monoisotopic (exact) mass is 512 g/mol. The first-order valence-corrected chi connectivity index (χ1v) is 10.3. The number of nitrogens with one attached hydrogen (secondary N) is 2. The molecule has 160 valence electrons. The molecule has 1 aliphatic carbocycles. The molecule has 1 saturated carbocycles. The van der Waals surface area contributed by atoms with Crippen LogP contribution in [0, 0.1) is 6.92 Å². The van der Waals surface area contributed by atoms with Gasteiger partial charge in [0.2, 0.25) is 0 Å². The van der Waals surface area contributed by atoms with Crippen molar-refractivity contribution >= 4 is 29.9 Å². The van der Waals surface area contributed by atoms with Gasteiger partial charge < -0.3 is 20.3 Å². The molecule has 1 heterocycles. The fourth-order valence-corrected chi connectivity index (χ4v) is 3.50. The average Bonchev–Trinajstić information content (AvgIpc) is 3.05. The number of aliphatic hydroxyl groups is 1. The van der Waals surface area contributed by atoms with E-state index in [1.54, 1.807) is 0 Å². The van der Waals surface area contributed by atoms with Gasteiger partial charge in [-0.05, 0) is 31.7 Å². The second kappa shape index (κ2) is 12.1. The largest absolute Gasteiger partial charge is 0.388 e. The Morgan fingerprint density at radius 3 is 2.59 bits per heavy atom. The lowest BCUT2D eigenvalue weighted by atomic mass is 9.96. The number of hydrogen-bond acceptors (Lipinski definition) is 4. The molecule has 3 N–H and O–H groups in total. The van der Waals surface area contributed by atoms with Crippen LogP contribution in [0.3, 0.4) is 0 Å². The van der Waals surface area contributed by atoms with E-state index in [0.29, 0.717) is 25.6 Å². The molecular formula is C21H33IN6O. The van der Waals surface area contributed by atoms with Gasteiger partial charge in [-0.25, -0.2) is 4.99 Å². The molecule has 2 aromatic rings. The first-order chi connectivity index (χ1) is 13.6. The van der Waals surface area contributed by atoms with Crippen molar-refractivity contribution in [3.05, 3.63) is 47.5 Å². The van der Waals surface area contributed by atoms with Gasteiger partial charge in [0.25, 0.3) is 0 Å². The maximum Gasteiger partial charge on any atom is 0.191 e. The summed E-state index contributed by atoms with van der Waals surface area (Å²) in [6, 6.07) is 10.2. The van der Waals surface area contributed by atoms with Crippen LogP contribution in [0.25, 0.3) is 0 Å². The smallest absolute Gasteiger partial charge is 0.191 e. The van der Waals surface area contributed by atoms with E-state index in [1.807, 2.05) is 48.9 Å². The Labute approximate surface area is 190 Å². The summed E-state index contributed by atoms with van der Waals surface area (Å²) in [6.45, 7) is 3.05. The van der Waals surface area contributed by atoms with Gasteiger partial charge in [0.05, 0.1) is 6.10 Å². The van der Waals surface area contributed by atoms with E-state index in [1.165, 1.54) is 32.1 Å². The third-order valence-corrected chi connectivity index (χ3v) is 5.40. The quantitative estimate of drug-likeness (QED) is 0.301. The van der Waals surface area contributed by atoms with Crippen LogP contribution in [0.5, 0.6) is 0 Å². The highest BCUT2D eigenvalue weighted by Gasteiger charge is 2.15. The molecule has 1 fully saturated rings. The Kier molecular flexibility index (Phi) is 9.86. The van der Waals surface area contributed by atoms with E-state index in [-0.39, 0.29) is 24.0 Å². The van der Waals surface area contributed by atoms with Crippen molar-refractivity contribution in [1.82, 2.24) is 25.4 Å². The van der Waals surface area contributed by atoms with Gasteiger partial charge in [0, 0.05) is 19.6 Å². The number of hydrogen-bond donors (Lipinski definition) is 3. The van der Waals surface area contributed by atoms with Crippen molar-refractivity contribution in [1.29, 1.82) is 0 Å². The summed E-state index contributed by atoms with van der Waals surface area (Å²) >= 11 is 0. The maximum atomic E-state index is 10.4. The SMILES string of the molecule is Cc1nnc(CN=C(NCCC(O)c2ccccc2)NC2CCCCC2)n1C.I. The van der Waals surface area contributed by atoms with E-state index < -0.39 is 6.10 Å². The Hall–Kier alpha value is -1.68. The van der Waals surface area contributed by atoms with Crippen molar-refractivity contribution in [3.8, 4) is 0 Å². The number of aliphatic imine (C=N–C) groups is 1. The molecule has 1 unspecified atom stereocenters. The minimum Gasteiger partial charge on any atom is -0.388 e. The molecule has 29 heavy (non-hydrogen) atoms. The van der Waals surface area contributed by atoms with Gasteiger partial charge in [-0.1, -0.05) is 49.6 Å². The van der Waals surface area contributed by atoms with Crippen LogP contribution >= 0.6 is 24.0 Å². The molecule has 0 spiro atoms. The first kappa shape index (κ1) is 23.6. The number of nitrogens with zero attached hydrogens (tertiary/aromatic N) is 4. The molecule has 1 aromatic heterocycles. The predicted octanol–water partition coefficient (Wildman–Crippen LogP) is 3.23. The molecule has 0 aliphatic heterocycles.